The normalized spacial score (nSPS) is 18.8. The van der Waals surface area contributed by atoms with Gasteiger partial charge in [0.05, 0.1) is 6.61 Å². The third-order valence-electron chi connectivity index (χ3n) is 3.24. The molecule has 1 atom stereocenters. The number of hydrogen-bond acceptors (Lipinski definition) is 3. The van der Waals surface area contributed by atoms with Gasteiger partial charge in [0.25, 0.3) is 0 Å². The summed E-state index contributed by atoms with van der Waals surface area (Å²) in [7, 11) is 0. The van der Waals surface area contributed by atoms with Crippen molar-refractivity contribution in [1.29, 1.82) is 0 Å². The molecule has 2 rings (SSSR count). The first kappa shape index (κ1) is 11.4. The molecule has 3 heteroatoms. The van der Waals surface area contributed by atoms with Gasteiger partial charge in [-0.2, -0.15) is 0 Å². The Morgan fingerprint density at radius 3 is 2.62 bits per heavy atom. The molecule has 1 aromatic rings. The lowest BCUT2D eigenvalue weighted by Gasteiger charge is -2.22. The van der Waals surface area contributed by atoms with E-state index < -0.39 is 0 Å². The summed E-state index contributed by atoms with van der Waals surface area (Å²) >= 11 is 0. The smallest absolute Gasteiger partial charge is 0.115 e. The van der Waals surface area contributed by atoms with Gasteiger partial charge < -0.3 is 15.1 Å². The van der Waals surface area contributed by atoms with Gasteiger partial charge in [-0.15, -0.1) is 0 Å². The maximum Gasteiger partial charge on any atom is 0.115 e. The molecular formula is C13H19NO2. The van der Waals surface area contributed by atoms with Crippen LogP contribution >= 0.6 is 0 Å². The molecule has 0 saturated carbocycles. The molecule has 1 aliphatic heterocycles. The molecule has 0 amide bonds. The second-order valence-corrected chi connectivity index (χ2v) is 4.48. The van der Waals surface area contributed by atoms with Crippen LogP contribution in [0.3, 0.4) is 0 Å². The standard InChI is InChI=1S/C13H19NO2/c15-10-12(9-14-6-1-2-7-14)11-4-3-5-13(16)8-11/h3-5,8,12,15-16H,1-2,6-7,9-10H2. The van der Waals surface area contributed by atoms with Crippen LogP contribution in [0.4, 0.5) is 0 Å². The van der Waals surface area contributed by atoms with Crippen molar-refractivity contribution in [3.05, 3.63) is 29.8 Å². The number of phenols is 1. The van der Waals surface area contributed by atoms with Crippen LogP contribution in [0.15, 0.2) is 24.3 Å². The van der Waals surface area contributed by atoms with Crippen molar-refractivity contribution in [3.8, 4) is 5.75 Å². The maximum absolute atomic E-state index is 9.42. The average Bonchev–Trinajstić information content (AvgIpc) is 2.78. The summed E-state index contributed by atoms with van der Waals surface area (Å²) in [6.07, 6.45) is 2.52. The van der Waals surface area contributed by atoms with Crippen molar-refractivity contribution < 1.29 is 10.2 Å². The minimum atomic E-state index is 0.116. The molecular weight excluding hydrogens is 202 g/mol. The average molecular weight is 221 g/mol. The summed E-state index contributed by atoms with van der Waals surface area (Å²) in [5, 5.41) is 18.8. The number of phenolic OH excluding ortho intramolecular Hbond substituents is 1. The molecule has 1 unspecified atom stereocenters. The van der Waals surface area contributed by atoms with Gasteiger partial charge >= 0.3 is 0 Å². The fourth-order valence-electron chi connectivity index (χ4n) is 2.32. The number of rotatable bonds is 4. The van der Waals surface area contributed by atoms with Crippen LogP contribution in [-0.4, -0.2) is 41.4 Å². The summed E-state index contributed by atoms with van der Waals surface area (Å²) in [4.78, 5) is 2.38. The molecule has 1 saturated heterocycles. The Bertz CT molecular complexity index is 334. The van der Waals surface area contributed by atoms with Gasteiger partial charge in [0, 0.05) is 12.5 Å². The third-order valence-corrected chi connectivity index (χ3v) is 3.24. The summed E-state index contributed by atoms with van der Waals surface area (Å²) in [5.74, 6) is 0.391. The molecule has 1 aromatic carbocycles. The molecule has 0 spiro atoms. The van der Waals surface area contributed by atoms with Crippen LogP contribution in [0.25, 0.3) is 0 Å². The number of nitrogens with zero attached hydrogens (tertiary/aromatic N) is 1. The SMILES string of the molecule is OCC(CN1CCCC1)c1cccc(O)c1. The molecule has 1 fully saturated rings. The first-order valence-corrected chi connectivity index (χ1v) is 5.92. The lowest BCUT2D eigenvalue weighted by atomic mass is 9.99. The van der Waals surface area contributed by atoms with Gasteiger partial charge in [0.1, 0.15) is 5.75 Å². The fourth-order valence-corrected chi connectivity index (χ4v) is 2.32. The maximum atomic E-state index is 9.42. The van der Waals surface area contributed by atoms with Crippen molar-refractivity contribution in [2.75, 3.05) is 26.2 Å². The van der Waals surface area contributed by atoms with Gasteiger partial charge in [-0.3, -0.25) is 0 Å². The van der Waals surface area contributed by atoms with E-state index in [2.05, 4.69) is 4.90 Å². The molecule has 3 nitrogen and oxygen atoms in total. The minimum Gasteiger partial charge on any atom is -0.508 e. The number of likely N-dealkylation sites (tertiary alicyclic amines) is 1. The highest BCUT2D eigenvalue weighted by molar-refractivity contribution is 5.30. The Kier molecular flexibility index (Phi) is 3.80. The van der Waals surface area contributed by atoms with Crippen molar-refractivity contribution in [1.82, 2.24) is 4.90 Å². The van der Waals surface area contributed by atoms with Crippen LogP contribution in [0.1, 0.15) is 24.3 Å². The first-order valence-electron chi connectivity index (χ1n) is 5.92. The fraction of sp³-hybridized carbons (Fsp3) is 0.538. The lowest BCUT2D eigenvalue weighted by molar-refractivity contribution is 0.220. The molecule has 16 heavy (non-hydrogen) atoms. The Balaban J connectivity index is 2.03. The van der Waals surface area contributed by atoms with Crippen LogP contribution in [0.5, 0.6) is 5.75 Å². The molecule has 0 bridgehead atoms. The quantitative estimate of drug-likeness (QED) is 0.811. The third kappa shape index (κ3) is 2.74. The Morgan fingerprint density at radius 1 is 1.25 bits per heavy atom. The zero-order chi connectivity index (χ0) is 11.4. The summed E-state index contributed by atoms with van der Waals surface area (Å²) in [6.45, 7) is 3.30. The zero-order valence-electron chi connectivity index (χ0n) is 9.47. The number of hydrogen-bond donors (Lipinski definition) is 2. The Hall–Kier alpha value is -1.06. The number of aliphatic hydroxyl groups excluding tert-OH is 1. The van der Waals surface area contributed by atoms with E-state index in [9.17, 15) is 10.2 Å². The number of aliphatic hydroxyl groups is 1. The lowest BCUT2D eigenvalue weighted by Crippen LogP contribution is -2.27. The van der Waals surface area contributed by atoms with Crippen LogP contribution < -0.4 is 0 Å². The van der Waals surface area contributed by atoms with E-state index in [0.29, 0.717) is 0 Å². The van der Waals surface area contributed by atoms with E-state index in [-0.39, 0.29) is 18.3 Å². The van der Waals surface area contributed by atoms with Crippen LogP contribution in [0.2, 0.25) is 0 Å². The molecule has 0 radical (unpaired) electrons. The minimum absolute atomic E-state index is 0.116. The topological polar surface area (TPSA) is 43.7 Å². The van der Waals surface area contributed by atoms with Crippen LogP contribution in [-0.2, 0) is 0 Å². The monoisotopic (exact) mass is 221 g/mol. The van der Waals surface area contributed by atoms with Gasteiger partial charge in [0.2, 0.25) is 0 Å². The number of benzene rings is 1. The Morgan fingerprint density at radius 2 is 2.00 bits per heavy atom. The number of aromatic hydroxyl groups is 1. The highest BCUT2D eigenvalue weighted by Crippen LogP contribution is 2.22. The van der Waals surface area contributed by atoms with Gasteiger partial charge in [-0.05, 0) is 43.6 Å². The van der Waals surface area contributed by atoms with Gasteiger partial charge in [-0.1, -0.05) is 12.1 Å². The summed E-state index contributed by atoms with van der Waals surface area (Å²) in [5.41, 5.74) is 1.02. The molecule has 88 valence electrons. The van der Waals surface area contributed by atoms with Crippen LogP contribution in [0, 0.1) is 0 Å². The van der Waals surface area contributed by atoms with E-state index in [1.165, 1.54) is 12.8 Å². The van der Waals surface area contributed by atoms with Crippen molar-refractivity contribution in [2.24, 2.45) is 0 Å². The zero-order valence-corrected chi connectivity index (χ0v) is 9.47. The first-order chi connectivity index (χ1) is 7.79. The van der Waals surface area contributed by atoms with E-state index in [0.717, 1.165) is 25.2 Å². The Labute approximate surface area is 96.3 Å². The van der Waals surface area contributed by atoms with Crippen molar-refractivity contribution in [2.45, 2.75) is 18.8 Å². The highest BCUT2D eigenvalue weighted by Gasteiger charge is 2.18. The van der Waals surface area contributed by atoms with E-state index in [4.69, 9.17) is 0 Å². The van der Waals surface area contributed by atoms with Crippen molar-refractivity contribution in [3.63, 3.8) is 0 Å². The molecule has 1 aliphatic rings. The van der Waals surface area contributed by atoms with E-state index in [1.54, 1.807) is 12.1 Å². The predicted molar refractivity (Wildman–Crippen MR) is 63.6 cm³/mol. The van der Waals surface area contributed by atoms with E-state index >= 15 is 0 Å². The summed E-state index contributed by atoms with van der Waals surface area (Å²) < 4.78 is 0. The van der Waals surface area contributed by atoms with Crippen molar-refractivity contribution >= 4 is 0 Å². The van der Waals surface area contributed by atoms with E-state index in [1.807, 2.05) is 12.1 Å². The molecule has 0 aromatic heterocycles. The highest BCUT2D eigenvalue weighted by atomic mass is 16.3. The second-order valence-electron chi connectivity index (χ2n) is 4.48. The predicted octanol–water partition coefficient (Wildman–Crippen LogP) is 1.56. The molecule has 2 N–H and O–H groups in total. The summed E-state index contributed by atoms with van der Waals surface area (Å²) in [6, 6.07) is 7.21. The largest absolute Gasteiger partial charge is 0.508 e. The molecule has 0 aliphatic carbocycles. The van der Waals surface area contributed by atoms with Gasteiger partial charge in [-0.25, -0.2) is 0 Å². The molecule has 1 heterocycles. The second kappa shape index (κ2) is 5.32. The van der Waals surface area contributed by atoms with Gasteiger partial charge in [0.15, 0.2) is 0 Å².